The molecule has 1 amide bonds. The molecular weight excluding hydrogens is 393 g/mol. The zero-order chi connectivity index (χ0) is 21.7. The number of methoxy groups -OCH3 is 1. The molecule has 160 valence electrons. The fourth-order valence-corrected chi connectivity index (χ4v) is 4.35. The molecule has 4 rings (SSSR count). The third kappa shape index (κ3) is 3.18. The van der Waals surface area contributed by atoms with Gasteiger partial charge in [0.1, 0.15) is 11.3 Å². The Morgan fingerprint density at radius 3 is 2.50 bits per heavy atom. The minimum Gasteiger partial charge on any atom is -0.492 e. The van der Waals surface area contributed by atoms with Gasteiger partial charge in [0.05, 0.1) is 18.0 Å². The van der Waals surface area contributed by atoms with Crippen molar-refractivity contribution in [2.24, 2.45) is 0 Å². The lowest BCUT2D eigenvalue weighted by atomic mass is 10.1. The van der Waals surface area contributed by atoms with Crippen LogP contribution in [0.1, 0.15) is 43.1 Å². The highest BCUT2D eigenvalue weighted by molar-refractivity contribution is 5.97. The van der Waals surface area contributed by atoms with Crippen LogP contribution in [-0.4, -0.2) is 59.2 Å². The Morgan fingerprint density at radius 1 is 1.27 bits per heavy atom. The van der Waals surface area contributed by atoms with Gasteiger partial charge in [-0.05, 0) is 25.8 Å². The molecule has 9 heteroatoms. The Bertz CT molecular complexity index is 1110. The third-order valence-electron chi connectivity index (χ3n) is 5.92. The first-order chi connectivity index (χ1) is 14.2. The quantitative estimate of drug-likeness (QED) is 0.820. The van der Waals surface area contributed by atoms with Gasteiger partial charge in [0.2, 0.25) is 11.3 Å². The van der Waals surface area contributed by atoms with Gasteiger partial charge in [-0.2, -0.15) is 0 Å². The van der Waals surface area contributed by atoms with Crippen molar-refractivity contribution < 1.29 is 23.8 Å². The molecule has 1 aliphatic heterocycles. The average Bonchev–Trinajstić information content (AvgIpc) is 3.52. The Morgan fingerprint density at radius 2 is 1.97 bits per heavy atom. The van der Waals surface area contributed by atoms with Gasteiger partial charge < -0.3 is 24.2 Å². The molecule has 2 fully saturated rings. The maximum atomic E-state index is 15.3. The van der Waals surface area contributed by atoms with E-state index in [-0.39, 0.29) is 40.4 Å². The summed E-state index contributed by atoms with van der Waals surface area (Å²) in [6.07, 6.45) is 3.04. The van der Waals surface area contributed by atoms with Gasteiger partial charge in [0.15, 0.2) is 11.6 Å². The summed E-state index contributed by atoms with van der Waals surface area (Å²) >= 11 is 0. The number of fused-ring (bicyclic) bond motifs is 1. The normalized spacial score (nSPS) is 19.3. The number of rotatable bonds is 4. The van der Waals surface area contributed by atoms with Gasteiger partial charge >= 0.3 is 5.97 Å². The van der Waals surface area contributed by atoms with Crippen molar-refractivity contribution in [1.82, 2.24) is 9.47 Å². The Labute approximate surface area is 172 Å². The highest BCUT2D eigenvalue weighted by Gasteiger charge is 2.33. The molecule has 1 aromatic carbocycles. The molecular formula is C21H24FN3O5. The predicted octanol–water partition coefficient (Wildman–Crippen LogP) is 2.24. The molecule has 1 aromatic heterocycles. The number of anilines is 1. The van der Waals surface area contributed by atoms with Crippen molar-refractivity contribution in [3.05, 3.63) is 33.9 Å². The molecule has 0 spiro atoms. The van der Waals surface area contributed by atoms with Crippen LogP contribution in [0.5, 0.6) is 5.75 Å². The number of ether oxygens (including phenoxy) is 1. The maximum Gasteiger partial charge on any atom is 0.341 e. The second-order valence-electron chi connectivity index (χ2n) is 7.96. The fraction of sp³-hybridized carbons (Fsp3) is 0.476. The van der Waals surface area contributed by atoms with Crippen molar-refractivity contribution in [2.75, 3.05) is 31.6 Å². The number of hydrogen-bond acceptors (Lipinski definition) is 5. The molecule has 8 nitrogen and oxygen atoms in total. The molecule has 0 unspecified atom stereocenters. The smallest absolute Gasteiger partial charge is 0.341 e. The first-order valence-corrected chi connectivity index (χ1v) is 9.95. The maximum absolute atomic E-state index is 15.3. The zero-order valence-electron chi connectivity index (χ0n) is 17.1. The fourth-order valence-electron chi connectivity index (χ4n) is 4.35. The summed E-state index contributed by atoms with van der Waals surface area (Å²) in [5.74, 6) is -1.80. The summed E-state index contributed by atoms with van der Waals surface area (Å²) in [7, 11) is 1.42. The second-order valence-corrected chi connectivity index (χ2v) is 7.96. The first kappa shape index (κ1) is 20.2. The van der Waals surface area contributed by atoms with Crippen LogP contribution in [0.4, 0.5) is 10.1 Å². The van der Waals surface area contributed by atoms with E-state index < -0.39 is 17.2 Å². The van der Waals surface area contributed by atoms with E-state index in [1.807, 2.05) is 11.8 Å². The second kappa shape index (κ2) is 7.30. The molecule has 2 aliphatic rings. The molecule has 0 radical (unpaired) electrons. The van der Waals surface area contributed by atoms with E-state index in [1.165, 1.54) is 20.2 Å². The van der Waals surface area contributed by atoms with Gasteiger partial charge in [-0.15, -0.1) is 0 Å². The number of amides is 1. The highest BCUT2D eigenvalue weighted by atomic mass is 19.1. The van der Waals surface area contributed by atoms with E-state index in [4.69, 9.17) is 4.74 Å². The highest BCUT2D eigenvalue weighted by Crippen LogP contribution is 2.44. The molecule has 1 atom stereocenters. The third-order valence-corrected chi connectivity index (χ3v) is 5.92. The number of carboxylic acids is 1. The molecule has 0 bridgehead atoms. The molecule has 1 saturated carbocycles. The van der Waals surface area contributed by atoms with Crippen LogP contribution in [0.2, 0.25) is 0 Å². The summed E-state index contributed by atoms with van der Waals surface area (Å²) < 4.78 is 22.6. The molecule has 2 aromatic rings. The van der Waals surface area contributed by atoms with Gasteiger partial charge in [0.25, 0.3) is 0 Å². The lowest BCUT2D eigenvalue weighted by molar-refractivity contribution is -0.131. The number of hydrogen-bond donors (Lipinski definition) is 1. The number of carbonyl (C=O) groups excluding carboxylic acids is 1. The van der Waals surface area contributed by atoms with Crippen LogP contribution >= 0.6 is 0 Å². The number of carbonyl (C=O) groups is 2. The van der Waals surface area contributed by atoms with Crippen LogP contribution in [0.25, 0.3) is 10.9 Å². The number of halogens is 1. The molecule has 30 heavy (non-hydrogen) atoms. The Kier molecular flexibility index (Phi) is 4.91. The predicted molar refractivity (Wildman–Crippen MR) is 109 cm³/mol. The number of aromatic nitrogens is 1. The molecule has 1 saturated heterocycles. The SMILES string of the molecule is COc1c(N2CCN(C(C)=O)[C@H](C)C2)c(F)cc2c(=O)c(C(=O)O)cn(C3CC3)c12. The first-order valence-electron chi connectivity index (χ1n) is 9.95. The minimum atomic E-state index is -1.34. The van der Waals surface area contributed by atoms with Gasteiger partial charge in [0, 0.05) is 44.8 Å². The van der Waals surface area contributed by atoms with E-state index in [0.717, 1.165) is 18.9 Å². The van der Waals surface area contributed by atoms with Crippen LogP contribution < -0.4 is 15.1 Å². The number of benzene rings is 1. The van der Waals surface area contributed by atoms with E-state index in [2.05, 4.69) is 0 Å². The van der Waals surface area contributed by atoms with Gasteiger partial charge in [-0.25, -0.2) is 9.18 Å². The van der Waals surface area contributed by atoms with Crippen molar-refractivity contribution in [2.45, 2.75) is 38.8 Å². The van der Waals surface area contributed by atoms with Gasteiger partial charge in [-0.1, -0.05) is 0 Å². The van der Waals surface area contributed by atoms with Gasteiger partial charge in [-0.3, -0.25) is 9.59 Å². The monoisotopic (exact) mass is 417 g/mol. The van der Waals surface area contributed by atoms with Crippen molar-refractivity contribution in [3.8, 4) is 5.75 Å². The van der Waals surface area contributed by atoms with Crippen molar-refractivity contribution >= 4 is 28.5 Å². The number of carboxylic acid groups (broad SMARTS) is 1. The summed E-state index contributed by atoms with van der Waals surface area (Å²) in [4.78, 5) is 39.7. The van der Waals surface area contributed by atoms with Crippen LogP contribution in [-0.2, 0) is 4.79 Å². The van der Waals surface area contributed by atoms with E-state index in [1.54, 1.807) is 9.47 Å². The standard InChI is InChI=1S/C21H24FN3O5/c1-11-9-23(6-7-24(11)12(2)26)18-16(22)8-14-17(20(18)30-3)25(13-4-5-13)10-15(19(14)27)21(28)29/h8,10-11,13H,4-7,9H2,1-3H3,(H,28,29)/t11-/m1/s1. The average molecular weight is 417 g/mol. The summed E-state index contributed by atoms with van der Waals surface area (Å²) in [5, 5.41) is 9.42. The zero-order valence-corrected chi connectivity index (χ0v) is 17.1. The minimum absolute atomic E-state index is 0.00433. The van der Waals surface area contributed by atoms with Crippen LogP contribution in [0.15, 0.2) is 17.1 Å². The molecule has 2 heterocycles. The Balaban J connectivity index is 1.92. The molecule has 1 aliphatic carbocycles. The number of nitrogens with zero attached hydrogens (tertiary/aromatic N) is 3. The molecule has 1 N–H and O–H groups in total. The largest absolute Gasteiger partial charge is 0.492 e. The van der Waals surface area contributed by atoms with Crippen molar-refractivity contribution in [1.29, 1.82) is 0 Å². The lowest BCUT2D eigenvalue weighted by Crippen LogP contribution is -2.53. The van der Waals surface area contributed by atoms with Crippen LogP contribution in [0, 0.1) is 5.82 Å². The summed E-state index contributed by atoms with van der Waals surface area (Å²) in [6.45, 7) is 4.70. The Hall–Kier alpha value is -3.10. The van der Waals surface area contributed by atoms with E-state index in [0.29, 0.717) is 25.2 Å². The van der Waals surface area contributed by atoms with Crippen molar-refractivity contribution in [3.63, 3.8) is 0 Å². The lowest BCUT2D eigenvalue weighted by Gasteiger charge is -2.41. The van der Waals surface area contributed by atoms with Crippen LogP contribution in [0.3, 0.4) is 0 Å². The summed E-state index contributed by atoms with van der Waals surface area (Å²) in [5.41, 5.74) is -0.467. The number of aromatic carboxylic acids is 1. The number of pyridine rings is 1. The summed E-state index contributed by atoms with van der Waals surface area (Å²) in [6, 6.07) is 1.05. The topological polar surface area (TPSA) is 92.1 Å². The van der Waals surface area contributed by atoms with E-state index >= 15 is 4.39 Å². The van der Waals surface area contributed by atoms with E-state index in [9.17, 15) is 19.5 Å². The number of piperazine rings is 1.